The molecule has 2 unspecified atom stereocenters. The average molecular weight is 266 g/mol. The minimum absolute atomic E-state index is 0.315. The highest BCUT2D eigenvalue weighted by atomic mass is 35.5. The van der Waals surface area contributed by atoms with E-state index in [-0.39, 0.29) is 5.91 Å². The smallest absolute Gasteiger partial charge is 0.245 e. The average Bonchev–Trinajstić information content (AvgIpc) is 2.84. The summed E-state index contributed by atoms with van der Waals surface area (Å²) in [6.45, 7) is 0. The van der Waals surface area contributed by atoms with Crippen LogP contribution in [0.4, 0.5) is 0 Å². The molecule has 2 aromatic rings. The number of imide groups is 1. The van der Waals surface area contributed by atoms with E-state index in [2.05, 4.69) is 5.32 Å². The molecule has 1 aliphatic rings. The van der Waals surface area contributed by atoms with Gasteiger partial charge < -0.3 is 0 Å². The van der Waals surface area contributed by atoms with Crippen molar-refractivity contribution >= 4 is 44.8 Å². The van der Waals surface area contributed by atoms with Gasteiger partial charge in [0.25, 0.3) is 0 Å². The summed E-state index contributed by atoms with van der Waals surface area (Å²) in [7, 11) is 0. The Kier molecular flexibility index (Phi) is 2.42. The van der Waals surface area contributed by atoms with E-state index in [1.807, 2.05) is 29.6 Å². The van der Waals surface area contributed by atoms with E-state index in [9.17, 15) is 9.59 Å². The fourth-order valence-corrected chi connectivity index (χ4v) is 3.14. The van der Waals surface area contributed by atoms with Crippen LogP contribution in [-0.2, 0) is 9.59 Å². The number of amides is 2. The van der Waals surface area contributed by atoms with Crippen molar-refractivity contribution in [3.63, 3.8) is 0 Å². The van der Waals surface area contributed by atoms with Crippen molar-refractivity contribution in [3.8, 4) is 0 Å². The molecule has 0 radical (unpaired) electrons. The Balaban J connectivity index is 2.08. The number of halogens is 1. The largest absolute Gasteiger partial charge is 0.295 e. The first kappa shape index (κ1) is 10.7. The van der Waals surface area contributed by atoms with Gasteiger partial charge in [0.15, 0.2) is 0 Å². The quantitative estimate of drug-likeness (QED) is 0.635. The van der Waals surface area contributed by atoms with Crippen LogP contribution in [0.3, 0.4) is 0 Å². The molecule has 17 heavy (non-hydrogen) atoms. The Morgan fingerprint density at radius 2 is 2.00 bits per heavy atom. The van der Waals surface area contributed by atoms with Gasteiger partial charge in [-0.25, -0.2) is 0 Å². The second-order valence-corrected chi connectivity index (χ2v) is 5.37. The minimum atomic E-state index is -0.807. The molecule has 3 nitrogen and oxygen atoms in total. The van der Waals surface area contributed by atoms with E-state index < -0.39 is 17.2 Å². The first-order chi connectivity index (χ1) is 8.16. The predicted octanol–water partition coefficient (Wildman–Crippen LogP) is 2.25. The monoisotopic (exact) mass is 265 g/mol. The third-order valence-electron chi connectivity index (χ3n) is 2.91. The van der Waals surface area contributed by atoms with Crippen molar-refractivity contribution in [1.82, 2.24) is 5.32 Å². The Morgan fingerprint density at radius 3 is 2.71 bits per heavy atom. The maximum absolute atomic E-state index is 11.7. The number of carbonyl (C=O) groups is 2. The molecule has 1 fully saturated rings. The molecule has 5 heteroatoms. The summed E-state index contributed by atoms with van der Waals surface area (Å²) < 4.78 is 1.16. The Bertz CT molecular complexity index is 622. The lowest BCUT2D eigenvalue weighted by atomic mass is 9.96. The van der Waals surface area contributed by atoms with Gasteiger partial charge in [0.05, 0.1) is 5.92 Å². The molecule has 0 aliphatic carbocycles. The fourth-order valence-electron chi connectivity index (χ4n) is 2.05. The molecular formula is C12H8ClNO2S. The fraction of sp³-hybridized carbons (Fsp3) is 0.167. The van der Waals surface area contributed by atoms with Gasteiger partial charge in [0, 0.05) is 4.70 Å². The second-order valence-electron chi connectivity index (χ2n) is 3.95. The Morgan fingerprint density at radius 1 is 1.18 bits per heavy atom. The summed E-state index contributed by atoms with van der Waals surface area (Å²) in [5.41, 5.74) is 0.791. The van der Waals surface area contributed by atoms with E-state index in [1.54, 1.807) is 11.3 Å². The SMILES string of the molecule is O=C1NC(=O)C(c2ccc3sccc3c2)C1Cl. The molecule has 1 aliphatic heterocycles. The van der Waals surface area contributed by atoms with E-state index in [1.165, 1.54) is 0 Å². The first-order valence-electron chi connectivity index (χ1n) is 5.13. The van der Waals surface area contributed by atoms with Gasteiger partial charge in [-0.05, 0) is 34.5 Å². The van der Waals surface area contributed by atoms with Gasteiger partial charge in [0.1, 0.15) is 5.38 Å². The molecule has 2 atom stereocenters. The van der Waals surface area contributed by atoms with E-state index in [0.29, 0.717) is 0 Å². The van der Waals surface area contributed by atoms with Gasteiger partial charge in [-0.3, -0.25) is 14.9 Å². The molecule has 0 spiro atoms. The molecule has 1 aromatic carbocycles. The number of benzene rings is 1. The lowest BCUT2D eigenvalue weighted by Crippen LogP contribution is -2.22. The highest BCUT2D eigenvalue weighted by molar-refractivity contribution is 7.17. The van der Waals surface area contributed by atoms with Crippen molar-refractivity contribution in [2.24, 2.45) is 0 Å². The van der Waals surface area contributed by atoms with Crippen molar-refractivity contribution in [2.75, 3.05) is 0 Å². The van der Waals surface area contributed by atoms with Crippen LogP contribution >= 0.6 is 22.9 Å². The second kappa shape index (κ2) is 3.82. The van der Waals surface area contributed by atoms with Crippen molar-refractivity contribution in [3.05, 3.63) is 35.2 Å². The van der Waals surface area contributed by atoms with Crippen LogP contribution in [0.15, 0.2) is 29.6 Å². The van der Waals surface area contributed by atoms with Gasteiger partial charge >= 0.3 is 0 Å². The summed E-state index contributed by atoms with van der Waals surface area (Å²) in [5.74, 6) is -1.30. The van der Waals surface area contributed by atoms with Crippen molar-refractivity contribution in [2.45, 2.75) is 11.3 Å². The summed E-state index contributed by atoms with van der Waals surface area (Å²) in [4.78, 5) is 23.0. The maximum atomic E-state index is 11.7. The molecule has 2 amide bonds. The van der Waals surface area contributed by atoms with Crippen LogP contribution < -0.4 is 5.32 Å². The van der Waals surface area contributed by atoms with Gasteiger partial charge in [0.2, 0.25) is 11.8 Å². The highest BCUT2D eigenvalue weighted by Crippen LogP contribution is 2.32. The third-order valence-corrected chi connectivity index (χ3v) is 4.26. The minimum Gasteiger partial charge on any atom is -0.295 e. The molecule has 2 heterocycles. The highest BCUT2D eigenvalue weighted by Gasteiger charge is 2.41. The summed E-state index contributed by atoms with van der Waals surface area (Å²) >= 11 is 7.59. The van der Waals surface area contributed by atoms with Gasteiger partial charge in [-0.15, -0.1) is 22.9 Å². The number of carbonyl (C=O) groups excluding carboxylic acids is 2. The van der Waals surface area contributed by atoms with Crippen molar-refractivity contribution < 1.29 is 9.59 Å². The normalized spacial score (nSPS) is 24.3. The lowest BCUT2D eigenvalue weighted by molar-refractivity contribution is -0.125. The topological polar surface area (TPSA) is 46.2 Å². The zero-order valence-electron chi connectivity index (χ0n) is 8.64. The molecule has 0 bridgehead atoms. The standard InChI is InChI=1S/C12H8ClNO2S/c13-10-9(11(15)14-12(10)16)7-1-2-8-6(5-7)3-4-17-8/h1-5,9-10H,(H,14,15,16). The summed E-state index contributed by atoms with van der Waals surface area (Å²) in [5, 5.41) is 4.51. The first-order valence-corrected chi connectivity index (χ1v) is 6.44. The third kappa shape index (κ3) is 1.64. The van der Waals surface area contributed by atoms with Crippen molar-refractivity contribution in [1.29, 1.82) is 0 Å². The zero-order chi connectivity index (χ0) is 12.0. The van der Waals surface area contributed by atoms with Gasteiger partial charge in [-0.2, -0.15) is 0 Å². The van der Waals surface area contributed by atoms with Crippen LogP contribution in [-0.4, -0.2) is 17.2 Å². The molecule has 3 rings (SSSR count). The number of alkyl halides is 1. The van der Waals surface area contributed by atoms with Crippen LogP contribution in [0.2, 0.25) is 0 Å². The molecule has 86 valence electrons. The number of rotatable bonds is 1. The van der Waals surface area contributed by atoms with Gasteiger partial charge in [-0.1, -0.05) is 6.07 Å². The number of hydrogen-bond acceptors (Lipinski definition) is 3. The van der Waals surface area contributed by atoms with E-state index in [0.717, 1.165) is 15.6 Å². The Labute approximate surface area is 106 Å². The van der Waals surface area contributed by atoms with Crippen LogP contribution in [0, 0.1) is 0 Å². The van der Waals surface area contributed by atoms with E-state index >= 15 is 0 Å². The Hall–Kier alpha value is -1.39. The number of hydrogen-bond donors (Lipinski definition) is 1. The van der Waals surface area contributed by atoms with E-state index in [4.69, 9.17) is 11.6 Å². The predicted molar refractivity (Wildman–Crippen MR) is 67.4 cm³/mol. The zero-order valence-corrected chi connectivity index (χ0v) is 10.2. The summed E-state index contributed by atoms with van der Waals surface area (Å²) in [6, 6.07) is 7.72. The molecule has 1 saturated heterocycles. The van der Waals surface area contributed by atoms with Crippen LogP contribution in [0.25, 0.3) is 10.1 Å². The lowest BCUT2D eigenvalue weighted by Gasteiger charge is -2.09. The van der Waals surface area contributed by atoms with Crippen LogP contribution in [0.5, 0.6) is 0 Å². The summed E-state index contributed by atoms with van der Waals surface area (Å²) in [6.07, 6.45) is 0. The number of nitrogens with one attached hydrogen (secondary N) is 1. The molecular weight excluding hydrogens is 258 g/mol. The number of thiophene rings is 1. The van der Waals surface area contributed by atoms with Crippen LogP contribution in [0.1, 0.15) is 11.5 Å². The molecule has 0 saturated carbocycles. The molecule has 1 N–H and O–H groups in total. The maximum Gasteiger partial charge on any atom is 0.245 e. The molecule has 1 aromatic heterocycles. The number of fused-ring (bicyclic) bond motifs is 1.